The molecule has 7 rings (SSSR count). The summed E-state index contributed by atoms with van der Waals surface area (Å²) in [5.74, 6) is 3.78. The van der Waals surface area contributed by atoms with E-state index in [0.29, 0.717) is 23.0 Å². The van der Waals surface area contributed by atoms with Crippen LogP contribution in [0.5, 0.6) is 5.75 Å². The maximum absolute atomic E-state index is 13.0. The zero-order valence-corrected chi connectivity index (χ0v) is 21.0. The number of benzene rings is 2. The molecule has 0 atom stereocenters. The number of aryl methyl sites for hydroxylation is 1. The molecule has 0 saturated heterocycles. The topological polar surface area (TPSA) is 76.4 Å². The van der Waals surface area contributed by atoms with Gasteiger partial charge in [-0.1, -0.05) is 6.07 Å². The molecule has 4 saturated carbocycles. The Kier molecular flexibility index (Phi) is 5.55. The van der Waals surface area contributed by atoms with Gasteiger partial charge < -0.3 is 19.8 Å². The lowest BCUT2D eigenvalue weighted by atomic mass is 9.49. The Balaban J connectivity index is 1.13. The van der Waals surface area contributed by atoms with Crippen LogP contribution in [0.1, 0.15) is 50.5 Å². The van der Waals surface area contributed by atoms with E-state index in [4.69, 9.17) is 21.4 Å². The number of anilines is 1. The molecule has 4 aliphatic carbocycles. The molecule has 7 heteroatoms. The molecular formula is C28H31N3O3S. The standard InChI is InChI=1S/C28H31N3O3S/c1-16-3-4-20(26-29-23-11-21(33-2)5-6-24(23)34-26)10-22(16)30-27(35)31-25(32)15-28-12-17-7-18(13-28)9-19(8-17)14-28/h3-6,10-11,17-19H,7-9,12-15H2,1-2H3,(H2,30,31,32,35). The molecule has 1 amide bonds. The normalized spacial score (nSPS) is 26.6. The molecule has 0 aliphatic heterocycles. The fourth-order valence-electron chi connectivity index (χ4n) is 7.22. The number of hydrogen-bond acceptors (Lipinski definition) is 5. The van der Waals surface area contributed by atoms with Crippen molar-refractivity contribution < 1.29 is 13.9 Å². The van der Waals surface area contributed by atoms with Crippen LogP contribution in [-0.2, 0) is 4.79 Å². The summed E-state index contributed by atoms with van der Waals surface area (Å²) in [6.07, 6.45) is 8.36. The van der Waals surface area contributed by atoms with E-state index in [9.17, 15) is 4.79 Å². The van der Waals surface area contributed by atoms with E-state index in [1.54, 1.807) is 7.11 Å². The van der Waals surface area contributed by atoms with Gasteiger partial charge in [-0.2, -0.15) is 0 Å². The lowest BCUT2D eigenvalue weighted by Gasteiger charge is -2.56. The largest absolute Gasteiger partial charge is 0.497 e. The number of hydrogen-bond donors (Lipinski definition) is 2. The van der Waals surface area contributed by atoms with Crippen LogP contribution in [0.15, 0.2) is 40.8 Å². The minimum atomic E-state index is 0.0335. The third-order valence-electron chi connectivity index (χ3n) is 8.28. The minimum Gasteiger partial charge on any atom is -0.497 e. The Morgan fingerprint density at radius 3 is 2.51 bits per heavy atom. The molecule has 0 radical (unpaired) electrons. The van der Waals surface area contributed by atoms with Gasteiger partial charge in [0.15, 0.2) is 10.7 Å². The number of nitrogens with one attached hydrogen (secondary N) is 2. The number of thiocarbonyl (C=S) groups is 1. The zero-order valence-electron chi connectivity index (χ0n) is 20.2. The van der Waals surface area contributed by atoms with Crippen molar-refractivity contribution in [1.82, 2.24) is 10.3 Å². The summed E-state index contributed by atoms with van der Waals surface area (Å²) < 4.78 is 11.2. The summed E-state index contributed by atoms with van der Waals surface area (Å²) in [6, 6.07) is 11.5. The van der Waals surface area contributed by atoms with Crippen molar-refractivity contribution in [3.63, 3.8) is 0 Å². The second kappa shape index (κ2) is 8.63. The molecule has 6 nitrogen and oxygen atoms in total. The van der Waals surface area contributed by atoms with Crippen LogP contribution in [0.2, 0.25) is 0 Å². The van der Waals surface area contributed by atoms with Crippen molar-refractivity contribution in [3.8, 4) is 17.2 Å². The maximum atomic E-state index is 13.0. The lowest BCUT2D eigenvalue weighted by Crippen LogP contribution is -2.48. The molecular weight excluding hydrogens is 458 g/mol. The van der Waals surface area contributed by atoms with Crippen LogP contribution >= 0.6 is 12.2 Å². The van der Waals surface area contributed by atoms with Crippen LogP contribution in [0, 0.1) is 30.1 Å². The first kappa shape index (κ1) is 22.5. The van der Waals surface area contributed by atoms with Crippen LogP contribution in [-0.4, -0.2) is 23.1 Å². The van der Waals surface area contributed by atoms with Crippen LogP contribution in [0.3, 0.4) is 0 Å². The summed E-state index contributed by atoms with van der Waals surface area (Å²) in [5, 5.41) is 6.51. The van der Waals surface area contributed by atoms with E-state index < -0.39 is 0 Å². The van der Waals surface area contributed by atoms with E-state index in [0.717, 1.165) is 45.8 Å². The van der Waals surface area contributed by atoms with Gasteiger partial charge in [0.2, 0.25) is 11.8 Å². The van der Waals surface area contributed by atoms with Crippen molar-refractivity contribution in [3.05, 3.63) is 42.0 Å². The number of carbonyl (C=O) groups is 1. The molecule has 0 unspecified atom stereocenters. The van der Waals surface area contributed by atoms with E-state index in [2.05, 4.69) is 15.6 Å². The van der Waals surface area contributed by atoms with Gasteiger partial charge in [0, 0.05) is 23.7 Å². The minimum absolute atomic E-state index is 0.0335. The summed E-state index contributed by atoms with van der Waals surface area (Å²) in [4.78, 5) is 17.6. The Bertz CT molecular complexity index is 1280. The highest BCUT2D eigenvalue weighted by molar-refractivity contribution is 7.80. The van der Waals surface area contributed by atoms with Crippen molar-refractivity contribution in [1.29, 1.82) is 0 Å². The average Bonchev–Trinajstić information content (AvgIpc) is 3.22. The first-order chi connectivity index (χ1) is 16.9. The number of oxazole rings is 1. The number of amides is 1. The van der Waals surface area contributed by atoms with Crippen LogP contribution in [0.4, 0.5) is 5.69 Å². The third-order valence-corrected chi connectivity index (χ3v) is 8.49. The highest BCUT2D eigenvalue weighted by Crippen LogP contribution is 2.61. The van der Waals surface area contributed by atoms with Gasteiger partial charge in [-0.15, -0.1) is 0 Å². The predicted molar refractivity (Wildman–Crippen MR) is 140 cm³/mol. The lowest BCUT2D eigenvalue weighted by molar-refractivity contribution is -0.127. The van der Waals surface area contributed by atoms with Crippen LogP contribution in [0.25, 0.3) is 22.6 Å². The smallest absolute Gasteiger partial charge is 0.227 e. The number of fused-ring (bicyclic) bond motifs is 1. The second-order valence-corrected chi connectivity index (χ2v) is 11.4. The molecule has 3 aromatic rings. The molecule has 35 heavy (non-hydrogen) atoms. The Morgan fingerprint density at radius 2 is 1.83 bits per heavy atom. The Hall–Kier alpha value is -2.93. The van der Waals surface area contributed by atoms with E-state index in [1.807, 2.05) is 43.3 Å². The number of carbonyl (C=O) groups excluding carboxylic acids is 1. The van der Waals surface area contributed by atoms with E-state index in [1.165, 1.54) is 38.5 Å². The first-order valence-corrected chi connectivity index (χ1v) is 13.0. The molecule has 2 aromatic carbocycles. The van der Waals surface area contributed by atoms with Gasteiger partial charge in [0.1, 0.15) is 11.3 Å². The zero-order chi connectivity index (χ0) is 24.2. The van der Waals surface area contributed by atoms with Crippen molar-refractivity contribution >= 4 is 40.0 Å². The Labute approximate surface area is 210 Å². The number of rotatable bonds is 5. The highest BCUT2D eigenvalue weighted by atomic mass is 32.1. The van der Waals surface area contributed by atoms with Gasteiger partial charge in [-0.25, -0.2) is 4.98 Å². The van der Waals surface area contributed by atoms with Gasteiger partial charge in [0.25, 0.3) is 0 Å². The fraction of sp³-hybridized carbons (Fsp3) is 0.464. The third kappa shape index (κ3) is 4.42. The first-order valence-electron chi connectivity index (χ1n) is 12.5. The average molecular weight is 490 g/mol. The molecule has 4 aliphatic rings. The van der Waals surface area contributed by atoms with Gasteiger partial charge in [0.05, 0.1) is 7.11 Å². The number of methoxy groups -OCH3 is 1. The molecule has 0 spiro atoms. The number of aromatic nitrogens is 1. The van der Waals surface area contributed by atoms with Crippen LogP contribution < -0.4 is 15.4 Å². The highest BCUT2D eigenvalue weighted by Gasteiger charge is 2.51. The van der Waals surface area contributed by atoms with Crippen molar-refractivity contribution in [2.75, 3.05) is 12.4 Å². The molecule has 1 aromatic heterocycles. The molecule has 4 bridgehead atoms. The predicted octanol–water partition coefficient (Wildman–Crippen LogP) is 6.23. The van der Waals surface area contributed by atoms with Gasteiger partial charge >= 0.3 is 0 Å². The molecule has 182 valence electrons. The Morgan fingerprint density at radius 1 is 1.11 bits per heavy atom. The summed E-state index contributed by atoms with van der Waals surface area (Å²) in [7, 11) is 1.63. The molecule has 2 N–H and O–H groups in total. The van der Waals surface area contributed by atoms with Crippen molar-refractivity contribution in [2.45, 2.75) is 51.9 Å². The molecule has 4 fully saturated rings. The maximum Gasteiger partial charge on any atom is 0.227 e. The van der Waals surface area contributed by atoms with E-state index >= 15 is 0 Å². The molecule has 1 heterocycles. The monoisotopic (exact) mass is 489 g/mol. The van der Waals surface area contributed by atoms with Crippen molar-refractivity contribution in [2.24, 2.45) is 23.2 Å². The fourth-order valence-corrected chi connectivity index (χ4v) is 7.44. The number of ether oxygens (including phenoxy) is 1. The second-order valence-electron chi connectivity index (χ2n) is 11.0. The summed E-state index contributed by atoms with van der Waals surface area (Å²) >= 11 is 5.53. The quantitative estimate of drug-likeness (QED) is 0.414. The van der Waals surface area contributed by atoms with Gasteiger partial charge in [-0.3, -0.25) is 4.79 Å². The van der Waals surface area contributed by atoms with E-state index in [-0.39, 0.29) is 11.3 Å². The summed E-state index contributed by atoms with van der Waals surface area (Å²) in [6.45, 7) is 2.00. The van der Waals surface area contributed by atoms with Gasteiger partial charge in [-0.05, 0) is 111 Å². The number of nitrogens with zero attached hydrogens (tertiary/aromatic N) is 1. The SMILES string of the molecule is COc1ccc2oc(-c3ccc(C)c(NC(=S)NC(=O)CC45CC6CC(CC(C6)C4)C5)c3)nc2c1. The summed E-state index contributed by atoms with van der Waals surface area (Å²) in [5.41, 5.74) is 4.30.